The molecule has 116 valence electrons. The van der Waals surface area contributed by atoms with Crippen LogP contribution in [-0.2, 0) is 16.1 Å². The van der Waals surface area contributed by atoms with Crippen molar-refractivity contribution >= 4 is 11.9 Å². The Morgan fingerprint density at radius 1 is 1.43 bits per heavy atom. The highest BCUT2D eigenvalue weighted by Gasteiger charge is 2.24. The molecular weight excluding hydrogens is 272 g/mol. The Labute approximate surface area is 123 Å². The van der Waals surface area contributed by atoms with Crippen LogP contribution in [0, 0.1) is 12.8 Å². The smallest absolute Gasteiger partial charge is 0.326 e. The predicted molar refractivity (Wildman–Crippen MR) is 79.1 cm³/mol. The second-order valence-electron chi connectivity index (χ2n) is 5.25. The van der Waals surface area contributed by atoms with E-state index in [1.54, 1.807) is 19.2 Å². The molecule has 0 bridgehead atoms. The van der Waals surface area contributed by atoms with Crippen molar-refractivity contribution in [1.29, 1.82) is 0 Å². The van der Waals surface area contributed by atoms with E-state index in [0.29, 0.717) is 6.42 Å². The number of carboxylic acids is 1. The number of hydrogen-bond donors (Lipinski definition) is 2. The van der Waals surface area contributed by atoms with E-state index < -0.39 is 12.0 Å². The van der Waals surface area contributed by atoms with Crippen LogP contribution in [0.25, 0.3) is 0 Å². The fourth-order valence-electron chi connectivity index (χ4n) is 1.94. The van der Waals surface area contributed by atoms with Crippen LogP contribution in [0.2, 0.25) is 0 Å². The number of hydrogen-bond acceptors (Lipinski definition) is 3. The molecule has 2 unspecified atom stereocenters. The summed E-state index contributed by atoms with van der Waals surface area (Å²) in [5.74, 6) is -1.55. The molecule has 0 radical (unpaired) electrons. The lowest BCUT2D eigenvalue weighted by Crippen LogP contribution is -2.45. The average molecular weight is 294 g/mol. The summed E-state index contributed by atoms with van der Waals surface area (Å²) in [6.07, 6.45) is 2.37. The van der Waals surface area contributed by atoms with E-state index in [1.807, 2.05) is 13.8 Å². The molecule has 6 heteroatoms. The van der Waals surface area contributed by atoms with Gasteiger partial charge in [-0.25, -0.2) is 4.79 Å². The number of nitrogens with zero attached hydrogens (tertiary/aromatic N) is 1. The zero-order valence-corrected chi connectivity index (χ0v) is 12.6. The van der Waals surface area contributed by atoms with Gasteiger partial charge in [-0.3, -0.25) is 9.59 Å². The number of rotatable bonds is 7. The Bertz CT molecular complexity index is 565. The summed E-state index contributed by atoms with van der Waals surface area (Å²) in [6, 6.07) is 2.40. The number of amides is 1. The van der Waals surface area contributed by atoms with Crippen LogP contribution in [-0.4, -0.2) is 27.6 Å². The third kappa shape index (κ3) is 5.06. The summed E-state index contributed by atoms with van der Waals surface area (Å²) < 4.78 is 1.44. The maximum atomic E-state index is 11.8. The van der Waals surface area contributed by atoms with Gasteiger partial charge < -0.3 is 15.0 Å². The van der Waals surface area contributed by atoms with Gasteiger partial charge in [0.25, 0.3) is 5.56 Å². The quantitative estimate of drug-likeness (QED) is 0.790. The van der Waals surface area contributed by atoms with Gasteiger partial charge in [-0.15, -0.1) is 0 Å². The molecule has 1 aromatic heterocycles. The minimum absolute atomic E-state index is 0.0726. The zero-order valence-electron chi connectivity index (χ0n) is 12.6. The van der Waals surface area contributed by atoms with Crippen molar-refractivity contribution in [3.05, 3.63) is 34.2 Å². The van der Waals surface area contributed by atoms with Gasteiger partial charge in [-0.2, -0.15) is 0 Å². The van der Waals surface area contributed by atoms with E-state index in [4.69, 9.17) is 5.11 Å². The Morgan fingerprint density at radius 2 is 2.10 bits per heavy atom. The number of carboxylic acid groups (broad SMARTS) is 1. The molecule has 2 atom stereocenters. The summed E-state index contributed by atoms with van der Waals surface area (Å²) in [5, 5.41) is 11.6. The van der Waals surface area contributed by atoms with Gasteiger partial charge in [0.15, 0.2) is 0 Å². The molecule has 1 amide bonds. The average Bonchev–Trinajstić information content (AvgIpc) is 2.42. The molecule has 0 aliphatic heterocycles. The maximum Gasteiger partial charge on any atom is 0.326 e. The van der Waals surface area contributed by atoms with E-state index in [2.05, 4.69) is 5.32 Å². The van der Waals surface area contributed by atoms with Gasteiger partial charge in [0.05, 0.1) is 0 Å². The minimum Gasteiger partial charge on any atom is -0.480 e. The molecule has 0 aromatic carbocycles. The van der Waals surface area contributed by atoms with Gasteiger partial charge >= 0.3 is 5.97 Å². The van der Waals surface area contributed by atoms with Crippen LogP contribution in [0.3, 0.4) is 0 Å². The second-order valence-corrected chi connectivity index (χ2v) is 5.25. The topological polar surface area (TPSA) is 88.4 Å². The molecule has 6 nitrogen and oxygen atoms in total. The Hall–Kier alpha value is -2.11. The van der Waals surface area contributed by atoms with Crippen molar-refractivity contribution in [2.24, 2.45) is 5.92 Å². The molecule has 0 spiro atoms. The minimum atomic E-state index is -1.04. The number of aromatic nitrogens is 1. The van der Waals surface area contributed by atoms with Crippen LogP contribution in [0.4, 0.5) is 0 Å². The lowest BCUT2D eigenvalue weighted by Gasteiger charge is -2.20. The van der Waals surface area contributed by atoms with Gasteiger partial charge in [0, 0.05) is 25.2 Å². The number of carbonyl (C=O) groups is 2. The monoisotopic (exact) mass is 294 g/mol. The number of carbonyl (C=O) groups excluding carboxylic acids is 1. The first-order valence-corrected chi connectivity index (χ1v) is 7.04. The number of aryl methyl sites for hydroxylation is 2. The fourth-order valence-corrected chi connectivity index (χ4v) is 1.94. The Balaban J connectivity index is 2.61. The molecule has 0 aliphatic carbocycles. The molecule has 0 fully saturated rings. The Kier molecular flexibility index (Phi) is 6.14. The molecule has 0 saturated carbocycles. The molecule has 1 aromatic rings. The van der Waals surface area contributed by atoms with Crippen LogP contribution in [0.5, 0.6) is 0 Å². The third-order valence-electron chi connectivity index (χ3n) is 3.53. The first kappa shape index (κ1) is 16.9. The van der Waals surface area contributed by atoms with E-state index >= 15 is 0 Å². The van der Waals surface area contributed by atoms with Crippen molar-refractivity contribution in [1.82, 2.24) is 9.88 Å². The molecule has 0 aliphatic rings. The van der Waals surface area contributed by atoms with E-state index in [9.17, 15) is 14.4 Å². The van der Waals surface area contributed by atoms with Crippen LogP contribution in [0.1, 0.15) is 32.3 Å². The largest absolute Gasteiger partial charge is 0.480 e. The van der Waals surface area contributed by atoms with Crippen LogP contribution < -0.4 is 10.9 Å². The summed E-state index contributed by atoms with van der Waals surface area (Å²) in [7, 11) is 0. The first-order valence-electron chi connectivity index (χ1n) is 7.04. The molecular formula is C15H22N2O4. The number of nitrogens with one attached hydrogen (secondary N) is 1. The number of pyridine rings is 1. The SMILES string of the molecule is CCC(C)C(NC(=O)CCn1ccc(C)cc1=O)C(=O)O. The van der Waals surface area contributed by atoms with Gasteiger partial charge in [0.1, 0.15) is 6.04 Å². The summed E-state index contributed by atoms with van der Waals surface area (Å²) in [5.41, 5.74) is 0.697. The summed E-state index contributed by atoms with van der Waals surface area (Å²) in [4.78, 5) is 34.6. The van der Waals surface area contributed by atoms with Crippen molar-refractivity contribution < 1.29 is 14.7 Å². The predicted octanol–water partition coefficient (Wildman–Crippen LogP) is 1.16. The lowest BCUT2D eigenvalue weighted by molar-refractivity contribution is -0.143. The molecule has 1 heterocycles. The second kappa shape index (κ2) is 7.61. The van der Waals surface area contributed by atoms with Gasteiger partial charge in [-0.05, 0) is 24.5 Å². The molecule has 2 N–H and O–H groups in total. The maximum absolute atomic E-state index is 11.8. The number of aliphatic carboxylic acids is 1. The highest BCUT2D eigenvalue weighted by molar-refractivity contribution is 5.83. The van der Waals surface area contributed by atoms with Crippen molar-refractivity contribution in [2.45, 2.75) is 46.2 Å². The van der Waals surface area contributed by atoms with Crippen LogP contribution >= 0.6 is 0 Å². The molecule has 0 saturated heterocycles. The van der Waals surface area contributed by atoms with E-state index in [1.165, 1.54) is 10.6 Å². The van der Waals surface area contributed by atoms with Crippen molar-refractivity contribution in [3.8, 4) is 0 Å². The summed E-state index contributed by atoms with van der Waals surface area (Å²) in [6.45, 7) is 5.71. The zero-order chi connectivity index (χ0) is 16.0. The fraction of sp³-hybridized carbons (Fsp3) is 0.533. The van der Waals surface area contributed by atoms with Crippen LogP contribution in [0.15, 0.2) is 23.1 Å². The molecule has 21 heavy (non-hydrogen) atoms. The third-order valence-corrected chi connectivity index (χ3v) is 3.53. The van der Waals surface area contributed by atoms with Gasteiger partial charge in [-0.1, -0.05) is 20.3 Å². The van der Waals surface area contributed by atoms with E-state index in [0.717, 1.165) is 5.56 Å². The normalized spacial score (nSPS) is 13.5. The van der Waals surface area contributed by atoms with Gasteiger partial charge in [0.2, 0.25) is 5.91 Å². The standard InChI is InChI=1S/C15H22N2O4/c1-4-11(3)14(15(20)21)16-12(18)6-8-17-7-5-10(2)9-13(17)19/h5,7,9,11,14H,4,6,8H2,1-3H3,(H,16,18)(H,20,21). The van der Waals surface area contributed by atoms with E-state index in [-0.39, 0.29) is 30.3 Å². The first-order chi connectivity index (χ1) is 9.85. The summed E-state index contributed by atoms with van der Waals surface area (Å²) >= 11 is 0. The Morgan fingerprint density at radius 3 is 2.62 bits per heavy atom. The van der Waals surface area contributed by atoms with Crippen molar-refractivity contribution in [3.63, 3.8) is 0 Å². The highest BCUT2D eigenvalue weighted by Crippen LogP contribution is 2.08. The lowest BCUT2D eigenvalue weighted by atomic mass is 9.99. The molecule has 1 rings (SSSR count). The van der Waals surface area contributed by atoms with Crippen molar-refractivity contribution in [2.75, 3.05) is 0 Å². The highest BCUT2D eigenvalue weighted by atomic mass is 16.4.